The number of hydrogen-bond donors (Lipinski definition) is 2. The summed E-state index contributed by atoms with van der Waals surface area (Å²) in [7, 11) is 0. The fourth-order valence-corrected chi connectivity index (χ4v) is 1.08. The molecular formula is C8H7ClN2O2. The third-order valence-electron chi connectivity index (χ3n) is 1.52. The van der Waals surface area contributed by atoms with E-state index in [0.29, 0.717) is 11.3 Å². The molecule has 0 saturated carbocycles. The van der Waals surface area contributed by atoms with Gasteiger partial charge in [-0.05, 0) is 18.2 Å². The molecule has 5 heteroatoms. The van der Waals surface area contributed by atoms with Crippen LogP contribution in [0.5, 0.6) is 0 Å². The topological polar surface area (TPSA) is 72.2 Å². The predicted molar refractivity (Wildman–Crippen MR) is 48.5 cm³/mol. The first-order valence-corrected chi connectivity index (χ1v) is 3.82. The van der Waals surface area contributed by atoms with Crippen LogP contribution in [0.1, 0.15) is 20.7 Å². The third kappa shape index (κ3) is 2.05. The SMILES string of the molecule is NNC(=O)c1cc(Cl)ccc1C=O. The number of amides is 1. The van der Waals surface area contributed by atoms with E-state index in [-0.39, 0.29) is 11.1 Å². The van der Waals surface area contributed by atoms with E-state index in [1.165, 1.54) is 18.2 Å². The first-order valence-electron chi connectivity index (χ1n) is 3.44. The smallest absolute Gasteiger partial charge is 0.265 e. The Morgan fingerprint density at radius 1 is 1.54 bits per heavy atom. The van der Waals surface area contributed by atoms with Gasteiger partial charge in [-0.15, -0.1) is 0 Å². The molecule has 0 aliphatic carbocycles. The van der Waals surface area contributed by atoms with Gasteiger partial charge in [-0.2, -0.15) is 0 Å². The van der Waals surface area contributed by atoms with Crippen LogP contribution in [0, 0.1) is 0 Å². The van der Waals surface area contributed by atoms with Gasteiger partial charge < -0.3 is 0 Å². The van der Waals surface area contributed by atoms with Crippen LogP contribution in [-0.4, -0.2) is 12.2 Å². The second-order valence-electron chi connectivity index (χ2n) is 2.32. The lowest BCUT2D eigenvalue weighted by Crippen LogP contribution is -2.30. The summed E-state index contributed by atoms with van der Waals surface area (Å²) >= 11 is 5.64. The first kappa shape index (κ1) is 9.70. The standard InChI is InChI=1S/C8H7ClN2O2/c9-6-2-1-5(4-12)7(3-6)8(13)11-10/h1-4H,10H2,(H,11,13). The Balaban J connectivity index is 3.23. The predicted octanol–water partition coefficient (Wildman–Crippen LogP) is 0.756. The lowest BCUT2D eigenvalue weighted by atomic mass is 10.1. The molecule has 0 fully saturated rings. The summed E-state index contributed by atoms with van der Waals surface area (Å²) in [6.07, 6.45) is 0.570. The maximum absolute atomic E-state index is 11.1. The molecule has 68 valence electrons. The molecule has 1 amide bonds. The molecule has 0 bridgehead atoms. The summed E-state index contributed by atoms with van der Waals surface area (Å²) in [6.45, 7) is 0. The molecule has 1 rings (SSSR count). The van der Waals surface area contributed by atoms with Crippen molar-refractivity contribution < 1.29 is 9.59 Å². The van der Waals surface area contributed by atoms with Crippen molar-refractivity contribution in [3.63, 3.8) is 0 Å². The quantitative estimate of drug-likeness (QED) is 0.319. The number of aldehydes is 1. The van der Waals surface area contributed by atoms with E-state index in [0.717, 1.165) is 0 Å². The Kier molecular flexibility index (Phi) is 3.00. The van der Waals surface area contributed by atoms with Gasteiger partial charge in [-0.1, -0.05) is 11.6 Å². The molecule has 0 atom stereocenters. The van der Waals surface area contributed by atoms with Crippen LogP contribution in [0.3, 0.4) is 0 Å². The molecule has 1 aromatic carbocycles. The first-order chi connectivity index (χ1) is 6.19. The second-order valence-corrected chi connectivity index (χ2v) is 2.76. The Morgan fingerprint density at radius 3 is 2.77 bits per heavy atom. The van der Waals surface area contributed by atoms with Crippen LogP contribution in [0.4, 0.5) is 0 Å². The van der Waals surface area contributed by atoms with E-state index in [1.54, 1.807) is 0 Å². The Morgan fingerprint density at radius 2 is 2.23 bits per heavy atom. The van der Waals surface area contributed by atoms with Crippen LogP contribution in [-0.2, 0) is 0 Å². The van der Waals surface area contributed by atoms with Gasteiger partial charge in [-0.3, -0.25) is 15.0 Å². The van der Waals surface area contributed by atoms with Crippen molar-refractivity contribution in [3.8, 4) is 0 Å². The molecule has 0 aromatic heterocycles. The number of halogens is 1. The largest absolute Gasteiger partial charge is 0.298 e. The van der Waals surface area contributed by atoms with E-state index in [1.807, 2.05) is 5.43 Å². The molecule has 3 N–H and O–H groups in total. The molecule has 0 aliphatic heterocycles. The highest BCUT2D eigenvalue weighted by Crippen LogP contribution is 2.14. The van der Waals surface area contributed by atoms with Crippen molar-refractivity contribution in [1.29, 1.82) is 0 Å². The minimum Gasteiger partial charge on any atom is -0.298 e. The van der Waals surface area contributed by atoms with Gasteiger partial charge in [0.25, 0.3) is 5.91 Å². The zero-order chi connectivity index (χ0) is 9.84. The fraction of sp³-hybridized carbons (Fsp3) is 0. The number of benzene rings is 1. The molecule has 0 radical (unpaired) electrons. The fourth-order valence-electron chi connectivity index (χ4n) is 0.906. The summed E-state index contributed by atoms with van der Waals surface area (Å²) in [6, 6.07) is 4.37. The molecule has 4 nitrogen and oxygen atoms in total. The number of hydrogen-bond acceptors (Lipinski definition) is 3. The lowest BCUT2D eigenvalue weighted by molar-refractivity contribution is 0.0948. The Hall–Kier alpha value is -1.39. The number of carbonyl (C=O) groups is 2. The third-order valence-corrected chi connectivity index (χ3v) is 1.75. The van der Waals surface area contributed by atoms with Crippen molar-refractivity contribution >= 4 is 23.8 Å². The molecule has 0 heterocycles. The average molecular weight is 199 g/mol. The summed E-state index contributed by atoms with van der Waals surface area (Å²) in [5.41, 5.74) is 2.35. The van der Waals surface area contributed by atoms with Gasteiger partial charge >= 0.3 is 0 Å². The van der Waals surface area contributed by atoms with Crippen LogP contribution >= 0.6 is 11.6 Å². The molecule has 0 saturated heterocycles. The van der Waals surface area contributed by atoms with Crippen molar-refractivity contribution in [2.75, 3.05) is 0 Å². The highest BCUT2D eigenvalue weighted by atomic mass is 35.5. The summed E-state index contributed by atoms with van der Waals surface area (Å²) in [4.78, 5) is 21.6. The minimum atomic E-state index is -0.537. The van der Waals surface area contributed by atoms with Crippen molar-refractivity contribution in [2.24, 2.45) is 5.84 Å². The summed E-state index contributed by atoms with van der Waals surface area (Å²) < 4.78 is 0. The van der Waals surface area contributed by atoms with E-state index in [2.05, 4.69) is 0 Å². The highest BCUT2D eigenvalue weighted by molar-refractivity contribution is 6.31. The second kappa shape index (κ2) is 4.02. The van der Waals surface area contributed by atoms with Crippen molar-refractivity contribution in [1.82, 2.24) is 5.43 Å². The van der Waals surface area contributed by atoms with E-state index < -0.39 is 5.91 Å². The van der Waals surface area contributed by atoms with Crippen LogP contribution < -0.4 is 11.3 Å². The maximum atomic E-state index is 11.1. The van der Waals surface area contributed by atoms with Crippen LogP contribution in [0.25, 0.3) is 0 Å². The minimum absolute atomic E-state index is 0.171. The summed E-state index contributed by atoms with van der Waals surface area (Å²) in [5, 5.41) is 0.379. The summed E-state index contributed by atoms with van der Waals surface area (Å²) in [5.74, 6) is 4.38. The number of nitrogen functional groups attached to an aromatic ring is 1. The molecule has 0 aliphatic rings. The molecular weight excluding hydrogens is 192 g/mol. The number of nitrogens with one attached hydrogen (secondary N) is 1. The van der Waals surface area contributed by atoms with Gasteiger partial charge in [0.2, 0.25) is 0 Å². The number of rotatable bonds is 2. The lowest BCUT2D eigenvalue weighted by Gasteiger charge is -2.02. The van der Waals surface area contributed by atoms with Gasteiger partial charge in [0.05, 0.1) is 5.56 Å². The van der Waals surface area contributed by atoms with Gasteiger partial charge in [0, 0.05) is 10.6 Å². The van der Waals surface area contributed by atoms with E-state index >= 15 is 0 Å². The van der Waals surface area contributed by atoms with E-state index in [9.17, 15) is 9.59 Å². The zero-order valence-electron chi connectivity index (χ0n) is 6.58. The molecule has 0 spiro atoms. The molecule has 0 unspecified atom stereocenters. The van der Waals surface area contributed by atoms with Gasteiger partial charge in [0.15, 0.2) is 6.29 Å². The normalized spacial score (nSPS) is 9.38. The number of carbonyl (C=O) groups excluding carboxylic acids is 2. The zero-order valence-corrected chi connectivity index (χ0v) is 7.34. The Bertz CT molecular complexity index is 352. The van der Waals surface area contributed by atoms with Gasteiger partial charge in [-0.25, -0.2) is 5.84 Å². The average Bonchev–Trinajstić information content (AvgIpc) is 2.16. The van der Waals surface area contributed by atoms with Crippen LogP contribution in [0.2, 0.25) is 5.02 Å². The number of hydrazine groups is 1. The molecule has 13 heavy (non-hydrogen) atoms. The van der Waals surface area contributed by atoms with E-state index in [4.69, 9.17) is 17.4 Å². The highest BCUT2D eigenvalue weighted by Gasteiger charge is 2.09. The monoisotopic (exact) mass is 198 g/mol. The molecule has 1 aromatic rings. The Labute approximate surface area is 79.6 Å². The maximum Gasteiger partial charge on any atom is 0.265 e. The van der Waals surface area contributed by atoms with Crippen molar-refractivity contribution in [2.45, 2.75) is 0 Å². The van der Waals surface area contributed by atoms with Crippen molar-refractivity contribution in [3.05, 3.63) is 34.3 Å². The van der Waals surface area contributed by atoms with Crippen LogP contribution in [0.15, 0.2) is 18.2 Å². The van der Waals surface area contributed by atoms with Gasteiger partial charge in [0.1, 0.15) is 0 Å². The number of nitrogens with two attached hydrogens (primary N) is 1.